The van der Waals surface area contributed by atoms with Gasteiger partial charge in [0.2, 0.25) is 0 Å². The van der Waals surface area contributed by atoms with E-state index < -0.39 is 5.79 Å². The van der Waals surface area contributed by atoms with E-state index in [9.17, 15) is 0 Å². The van der Waals surface area contributed by atoms with Gasteiger partial charge in [0.1, 0.15) is 0 Å². The fourth-order valence-electron chi connectivity index (χ4n) is 2.54. The van der Waals surface area contributed by atoms with Gasteiger partial charge in [0, 0.05) is 13.0 Å². The van der Waals surface area contributed by atoms with Crippen LogP contribution >= 0.6 is 0 Å². The topological polar surface area (TPSA) is 56.5 Å². The summed E-state index contributed by atoms with van der Waals surface area (Å²) in [7, 11) is 0. The summed E-state index contributed by atoms with van der Waals surface area (Å²) in [6.45, 7) is 5.48. The van der Waals surface area contributed by atoms with Crippen LogP contribution in [0.2, 0.25) is 0 Å². The molecule has 4 heteroatoms. The van der Waals surface area contributed by atoms with Crippen LogP contribution in [0.1, 0.15) is 26.2 Å². The molecule has 2 aliphatic heterocycles. The van der Waals surface area contributed by atoms with Gasteiger partial charge in [-0.3, -0.25) is 0 Å². The lowest BCUT2D eigenvalue weighted by molar-refractivity contribution is -0.165. The molecule has 4 nitrogen and oxygen atoms in total. The fourth-order valence-corrected chi connectivity index (χ4v) is 2.54. The molecular formula is C11H22N2O2. The smallest absolute Gasteiger partial charge is 0.166 e. The normalized spacial score (nSPS) is 42.0. The molecule has 15 heavy (non-hydrogen) atoms. The van der Waals surface area contributed by atoms with E-state index in [-0.39, 0.29) is 6.10 Å². The first kappa shape index (κ1) is 11.3. The fraction of sp³-hybridized carbons (Fsp3) is 1.00. The Hall–Kier alpha value is -0.160. The van der Waals surface area contributed by atoms with Crippen LogP contribution in [0, 0.1) is 5.92 Å². The second-order valence-corrected chi connectivity index (χ2v) is 4.84. The second kappa shape index (κ2) is 4.78. The Morgan fingerprint density at radius 2 is 2.40 bits per heavy atom. The maximum absolute atomic E-state index is 5.83. The molecule has 3 atom stereocenters. The third-order valence-corrected chi connectivity index (χ3v) is 3.31. The van der Waals surface area contributed by atoms with Crippen molar-refractivity contribution in [3.05, 3.63) is 0 Å². The molecule has 0 aromatic carbocycles. The highest BCUT2D eigenvalue weighted by Gasteiger charge is 2.38. The van der Waals surface area contributed by atoms with Gasteiger partial charge in [0.15, 0.2) is 5.79 Å². The minimum absolute atomic E-state index is 0.0894. The maximum atomic E-state index is 5.83. The summed E-state index contributed by atoms with van der Waals surface area (Å²) >= 11 is 0. The van der Waals surface area contributed by atoms with Gasteiger partial charge in [0.25, 0.3) is 0 Å². The molecule has 88 valence electrons. The van der Waals surface area contributed by atoms with Crippen molar-refractivity contribution in [1.29, 1.82) is 0 Å². The number of ether oxygens (including phenoxy) is 2. The predicted molar refractivity (Wildman–Crippen MR) is 58.5 cm³/mol. The van der Waals surface area contributed by atoms with Gasteiger partial charge in [-0.1, -0.05) is 0 Å². The zero-order valence-corrected chi connectivity index (χ0v) is 9.50. The van der Waals surface area contributed by atoms with Gasteiger partial charge in [-0.05, 0) is 38.8 Å². The van der Waals surface area contributed by atoms with Crippen molar-refractivity contribution < 1.29 is 9.47 Å². The summed E-state index contributed by atoms with van der Waals surface area (Å²) in [5, 5.41) is 3.42. The molecule has 0 spiro atoms. The predicted octanol–water partition coefficient (Wildman–Crippen LogP) is 0.466. The average molecular weight is 214 g/mol. The third kappa shape index (κ3) is 2.91. The summed E-state index contributed by atoms with van der Waals surface area (Å²) in [6, 6.07) is 0. The highest BCUT2D eigenvalue weighted by Crippen LogP contribution is 2.31. The van der Waals surface area contributed by atoms with E-state index in [0.29, 0.717) is 19.1 Å². The van der Waals surface area contributed by atoms with E-state index in [1.807, 2.05) is 6.92 Å². The molecule has 0 bridgehead atoms. The number of nitrogens with two attached hydrogens (primary N) is 1. The van der Waals surface area contributed by atoms with E-state index >= 15 is 0 Å². The van der Waals surface area contributed by atoms with Gasteiger partial charge in [-0.25, -0.2) is 0 Å². The zero-order chi connectivity index (χ0) is 10.7. The van der Waals surface area contributed by atoms with Crippen molar-refractivity contribution in [3.63, 3.8) is 0 Å². The molecule has 3 unspecified atom stereocenters. The van der Waals surface area contributed by atoms with Crippen LogP contribution in [-0.2, 0) is 9.47 Å². The second-order valence-electron chi connectivity index (χ2n) is 4.84. The molecule has 0 aromatic rings. The summed E-state index contributed by atoms with van der Waals surface area (Å²) in [5.41, 5.74) is 5.57. The quantitative estimate of drug-likeness (QED) is 0.717. The summed E-state index contributed by atoms with van der Waals surface area (Å²) in [5.74, 6) is 0.286. The molecule has 2 saturated heterocycles. The van der Waals surface area contributed by atoms with Gasteiger partial charge < -0.3 is 20.5 Å². The van der Waals surface area contributed by atoms with Crippen LogP contribution in [0.3, 0.4) is 0 Å². The highest BCUT2D eigenvalue weighted by molar-refractivity contribution is 4.81. The van der Waals surface area contributed by atoms with Crippen molar-refractivity contribution in [2.75, 3.05) is 26.2 Å². The SMILES string of the molecule is CC1(CC2CCCNC2)OCC(CN)O1. The lowest BCUT2D eigenvalue weighted by Gasteiger charge is -2.30. The molecule has 0 aliphatic carbocycles. The van der Waals surface area contributed by atoms with E-state index in [0.717, 1.165) is 19.5 Å². The minimum atomic E-state index is -0.395. The Morgan fingerprint density at radius 3 is 3.00 bits per heavy atom. The molecule has 2 aliphatic rings. The van der Waals surface area contributed by atoms with Crippen molar-refractivity contribution in [1.82, 2.24) is 5.32 Å². The molecule has 3 N–H and O–H groups in total. The van der Waals surface area contributed by atoms with Gasteiger partial charge in [-0.2, -0.15) is 0 Å². The molecule has 0 aromatic heterocycles. The standard InChI is InChI=1S/C11H22N2O2/c1-11(14-8-10(6-12)15-11)5-9-3-2-4-13-7-9/h9-10,13H,2-8,12H2,1H3. The molecule has 2 rings (SSSR count). The Labute approximate surface area is 91.5 Å². The van der Waals surface area contributed by atoms with Crippen molar-refractivity contribution in [2.45, 2.75) is 38.1 Å². The van der Waals surface area contributed by atoms with Gasteiger partial charge in [0.05, 0.1) is 12.7 Å². The van der Waals surface area contributed by atoms with Gasteiger partial charge >= 0.3 is 0 Å². The number of hydrogen-bond acceptors (Lipinski definition) is 4. The molecule has 2 fully saturated rings. The summed E-state index contributed by atoms with van der Waals surface area (Å²) in [4.78, 5) is 0. The Bertz CT molecular complexity index is 207. The molecule has 0 radical (unpaired) electrons. The van der Waals surface area contributed by atoms with Crippen LogP contribution in [0.15, 0.2) is 0 Å². The van der Waals surface area contributed by atoms with E-state index in [1.165, 1.54) is 12.8 Å². The Kier molecular flexibility index (Phi) is 3.61. The monoisotopic (exact) mass is 214 g/mol. The lowest BCUT2D eigenvalue weighted by atomic mass is 9.92. The average Bonchev–Trinajstić information content (AvgIpc) is 2.61. The highest BCUT2D eigenvalue weighted by atomic mass is 16.7. The molecular weight excluding hydrogens is 192 g/mol. The minimum Gasteiger partial charge on any atom is -0.347 e. The van der Waals surface area contributed by atoms with E-state index in [1.54, 1.807) is 0 Å². The lowest BCUT2D eigenvalue weighted by Crippen LogP contribution is -2.37. The van der Waals surface area contributed by atoms with Crippen LogP contribution in [0.4, 0.5) is 0 Å². The largest absolute Gasteiger partial charge is 0.347 e. The summed E-state index contributed by atoms with van der Waals surface area (Å²) in [6.07, 6.45) is 3.62. The van der Waals surface area contributed by atoms with Crippen LogP contribution < -0.4 is 11.1 Å². The van der Waals surface area contributed by atoms with Crippen molar-refractivity contribution in [2.24, 2.45) is 11.7 Å². The maximum Gasteiger partial charge on any atom is 0.166 e. The van der Waals surface area contributed by atoms with Crippen LogP contribution in [-0.4, -0.2) is 38.1 Å². The third-order valence-electron chi connectivity index (χ3n) is 3.31. The molecule has 2 heterocycles. The summed E-state index contributed by atoms with van der Waals surface area (Å²) < 4.78 is 11.5. The Morgan fingerprint density at radius 1 is 1.53 bits per heavy atom. The number of hydrogen-bond donors (Lipinski definition) is 2. The first-order valence-electron chi connectivity index (χ1n) is 5.94. The van der Waals surface area contributed by atoms with Gasteiger partial charge in [-0.15, -0.1) is 0 Å². The number of nitrogens with one attached hydrogen (secondary N) is 1. The van der Waals surface area contributed by atoms with Crippen molar-refractivity contribution >= 4 is 0 Å². The van der Waals surface area contributed by atoms with Crippen LogP contribution in [0.5, 0.6) is 0 Å². The number of piperidine rings is 1. The first-order valence-corrected chi connectivity index (χ1v) is 5.94. The molecule has 0 saturated carbocycles. The first-order chi connectivity index (χ1) is 7.22. The number of rotatable bonds is 3. The Balaban J connectivity index is 1.82. The van der Waals surface area contributed by atoms with E-state index in [2.05, 4.69) is 5.32 Å². The van der Waals surface area contributed by atoms with Crippen molar-refractivity contribution in [3.8, 4) is 0 Å². The zero-order valence-electron chi connectivity index (χ0n) is 9.50. The van der Waals surface area contributed by atoms with Crippen LogP contribution in [0.25, 0.3) is 0 Å². The molecule has 0 amide bonds. The van der Waals surface area contributed by atoms with E-state index in [4.69, 9.17) is 15.2 Å².